The van der Waals surface area contributed by atoms with Gasteiger partial charge in [-0.05, 0) is 18.6 Å². The molecule has 0 saturated carbocycles. The van der Waals surface area contributed by atoms with Gasteiger partial charge in [0.2, 0.25) is 0 Å². The molecule has 0 bridgehead atoms. The van der Waals surface area contributed by atoms with Gasteiger partial charge < -0.3 is 10.6 Å². The van der Waals surface area contributed by atoms with Crippen LogP contribution in [0.2, 0.25) is 15.1 Å². The van der Waals surface area contributed by atoms with E-state index in [0.717, 1.165) is 24.2 Å². The zero-order valence-electron chi connectivity index (χ0n) is 11.7. The average Bonchev–Trinajstić information content (AvgIpc) is 2.46. The summed E-state index contributed by atoms with van der Waals surface area (Å²) >= 11 is 18.2. The van der Waals surface area contributed by atoms with Gasteiger partial charge in [0.1, 0.15) is 18.0 Å². The van der Waals surface area contributed by atoms with Crippen molar-refractivity contribution in [2.24, 2.45) is 0 Å². The lowest BCUT2D eigenvalue weighted by Gasteiger charge is -2.15. The molecule has 0 aliphatic heterocycles. The van der Waals surface area contributed by atoms with Crippen LogP contribution in [0.1, 0.15) is 18.9 Å². The van der Waals surface area contributed by atoms with Crippen LogP contribution in [0, 0.1) is 0 Å². The van der Waals surface area contributed by atoms with E-state index in [1.807, 2.05) is 7.05 Å². The van der Waals surface area contributed by atoms with Crippen molar-refractivity contribution in [1.29, 1.82) is 0 Å². The van der Waals surface area contributed by atoms with Crippen LogP contribution in [0.15, 0.2) is 18.5 Å². The summed E-state index contributed by atoms with van der Waals surface area (Å²) in [6.07, 6.45) is 3.32. The van der Waals surface area contributed by atoms with Crippen molar-refractivity contribution < 1.29 is 0 Å². The number of hydrogen-bond donors (Lipinski definition) is 2. The van der Waals surface area contributed by atoms with Gasteiger partial charge >= 0.3 is 0 Å². The number of hydrogen-bond acceptors (Lipinski definition) is 4. The fourth-order valence-electron chi connectivity index (χ4n) is 1.97. The van der Waals surface area contributed by atoms with E-state index in [1.54, 1.807) is 12.1 Å². The molecule has 0 radical (unpaired) electrons. The van der Waals surface area contributed by atoms with Crippen LogP contribution >= 0.6 is 34.8 Å². The largest absolute Gasteiger partial charge is 0.373 e. The maximum Gasteiger partial charge on any atom is 0.139 e. The van der Waals surface area contributed by atoms with Crippen molar-refractivity contribution in [2.45, 2.75) is 19.8 Å². The summed E-state index contributed by atoms with van der Waals surface area (Å²) in [6, 6.07) is 3.29. The fourth-order valence-corrected chi connectivity index (χ4v) is 2.56. The zero-order chi connectivity index (χ0) is 15.4. The van der Waals surface area contributed by atoms with Crippen molar-refractivity contribution in [3.63, 3.8) is 0 Å². The third-order valence-corrected chi connectivity index (χ3v) is 3.98. The van der Waals surface area contributed by atoms with Crippen LogP contribution in [-0.2, 0) is 6.42 Å². The summed E-state index contributed by atoms with van der Waals surface area (Å²) in [5.74, 6) is 1.50. The molecule has 7 heteroatoms. The lowest BCUT2D eigenvalue weighted by Crippen LogP contribution is -2.05. The van der Waals surface area contributed by atoms with Crippen LogP contribution in [-0.4, -0.2) is 17.0 Å². The number of anilines is 3. The first-order valence-electron chi connectivity index (χ1n) is 6.50. The predicted octanol–water partition coefficient (Wildman–Crippen LogP) is 5.17. The Morgan fingerprint density at radius 3 is 2.33 bits per heavy atom. The molecule has 0 amide bonds. The average molecular weight is 346 g/mol. The van der Waals surface area contributed by atoms with E-state index in [4.69, 9.17) is 34.8 Å². The summed E-state index contributed by atoms with van der Waals surface area (Å²) in [5.41, 5.74) is 1.66. The third-order valence-electron chi connectivity index (χ3n) is 2.95. The maximum absolute atomic E-state index is 6.19. The molecule has 1 heterocycles. The molecular weight excluding hydrogens is 331 g/mol. The Hall–Kier alpha value is -1.23. The van der Waals surface area contributed by atoms with Gasteiger partial charge in [-0.25, -0.2) is 9.97 Å². The smallest absolute Gasteiger partial charge is 0.139 e. The normalized spacial score (nSPS) is 10.5. The molecular formula is C14H15Cl3N4. The molecule has 112 valence electrons. The Morgan fingerprint density at radius 2 is 1.67 bits per heavy atom. The Morgan fingerprint density at radius 1 is 1.00 bits per heavy atom. The van der Waals surface area contributed by atoms with E-state index in [9.17, 15) is 0 Å². The molecule has 2 rings (SSSR count). The van der Waals surface area contributed by atoms with E-state index in [2.05, 4.69) is 27.5 Å². The molecule has 0 aliphatic rings. The zero-order valence-corrected chi connectivity index (χ0v) is 13.9. The summed E-state index contributed by atoms with van der Waals surface area (Å²) in [5, 5.41) is 7.61. The van der Waals surface area contributed by atoms with Crippen molar-refractivity contribution >= 4 is 52.1 Å². The number of rotatable bonds is 5. The molecule has 21 heavy (non-hydrogen) atoms. The quantitative estimate of drug-likeness (QED) is 0.734. The van der Waals surface area contributed by atoms with Crippen LogP contribution < -0.4 is 10.6 Å². The van der Waals surface area contributed by atoms with E-state index < -0.39 is 0 Å². The fraction of sp³-hybridized carbons (Fsp3) is 0.286. The van der Waals surface area contributed by atoms with Gasteiger partial charge in [0.15, 0.2) is 0 Å². The highest BCUT2D eigenvalue weighted by Gasteiger charge is 2.12. The van der Waals surface area contributed by atoms with Crippen LogP contribution in [0.3, 0.4) is 0 Å². The molecule has 0 saturated heterocycles. The Balaban J connectivity index is 2.42. The van der Waals surface area contributed by atoms with Gasteiger partial charge in [0, 0.05) is 12.6 Å². The lowest BCUT2D eigenvalue weighted by atomic mass is 10.1. The lowest BCUT2D eigenvalue weighted by molar-refractivity contribution is 0.905. The van der Waals surface area contributed by atoms with Crippen molar-refractivity contribution in [3.8, 4) is 0 Å². The molecule has 0 atom stereocenters. The van der Waals surface area contributed by atoms with E-state index in [0.29, 0.717) is 26.6 Å². The summed E-state index contributed by atoms with van der Waals surface area (Å²) in [7, 11) is 1.83. The van der Waals surface area contributed by atoms with Gasteiger partial charge in [-0.3, -0.25) is 0 Å². The molecule has 0 unspecified atom stereocenters. The summed E-state index contributed by atoms with van der Waals surface area (Å²) < 4.78 is 0. The number of benzene rings is 1. The second kappa shape index (κ2) is 7.16. The number of aromatic nitrogens is 2. The standard InChI is InChI=1S/C14H15Cl3N4/c1-3-4-8-13(18-2)19-7-20-14(8)21-12-6-10(16)9(15)5-11(12)17/h5-7H,3-4H2,1-2H3,(H2,18,19,20,21). The SMILES string of the molecule is CCCc1c(NC)ncnc1Nc1cc(Cl)c(Cl)cc1Cl. The Bertz CT molecular complexity index is 646. The van der Waals surface area contributed by atoms with E-state index in [-0.39, 0.29) is 0 Å². The molecule has 4 nitrogen and oxygen atoms in total. The van der Waals surface area contributed by atoms with Crippen LogP contribution in [0.4, 0.5) is 17.3 Å². The number of nitrogens with one attached hydrogen (secondary N) is 2. The minimum Gasteiger partial charge on any atom is -0.373 e. The number of nitrogens with zero attached hydrogens (tertiary/aromatic N) is 2. The first-order chi connectivity index (χ1) is 10.1. The van der Waals surface area contributed by atoms with Gasteiger partial charge in [-0.2, -0.15) is 0 Å². The molecule has 2 N–H and O–H groups in total. The van der Waals surface area contributed by atoms with Gasteiger partial charge in [-0.15, -0.1) is 0 Å². The first-order valence-corrected chi connectivity index (χ1v) is 7.63. The second-order valence-corrected chi connectivity index (χ2v) is 5.64. The third kappa shape index (κ3) is 3.70. The molecule has 1 aromatic carbocycles. The Kier molecular flexibility index (Phi) is 5.51. The van der Waals surface area contributed by atoms with Crippen LogP contribution in [0.25, 0.3) is 0 Å². The first kappa shape index (κ1) is 16.1. The van der Waals surface area contributed by atoms with Gasteiger partial charge in [0.25, 0.3) is 0 Å². The molecule has 0 spiro atoms. The molecule has 2 aromatic rings. The molecule has 1 aromatic heterocycles. The van der Waals surface area contributed by atoms with Crippen molar-refractivity contribution in [1.82, 2.24) is 9.97 Å². The van der Waals surface area contributed by atoms with Gasteiger partial charge in [-0.1, -0.05) is 48.1 Å². The maximum atomic E-state index is 6.19. The van der Waals surface area contributed by atoms with Crippen LogP contribution in [0.5, 0.6) is 0 Å². The summed E-state index contributed by atoms with van der Waals surface area (Å²) in [4.78, 5) is 8.53. The van der Waals surface area contributed by atoms with E-state index >= 15 is 0 Å². The van der Waals surface area contributed by atoms with Crippen molar-refractivity contribution in [3.05, 3.63) is 39.1 Å². The number of halogens is 3. The second-order valence-electron chi connectivity index (χ2n) is 4.42. The Labute approximate surface area is 138 Å². The van der Waals surface area contributed by atoms with Gasteiger partial charge in [0.05, 0.1) is 20.8 Å². The summed E-state index contributed by atoms with van der Waals surface area (Å²) in [6.45, 7) is 2.10. The highest BCUT2D eigenvalue weighted by molar-refractivity contribution is 6.44. The van der Waals surface area contributed by atoms with E-state index in [1.165, 1.54) is 6.33 Å². The minimum atomic E-state index is 0.416. The minimum absolute atomic E-state index is 0.416. The topological polar surface area (TPSA) is 49.8 Å². The predicted molar refractivity (Wildman–Crippen MR) is 90.3 cm³/mol. The molecule has 0 fully saturated rings. The highest BCUT2D eigenvalue weighted by atomic mass is 35.5. The van der Waals surface area contributed by atoms with Crippen molar-refractivity contribution in [2.75, 3.05) is 17.7 Å². The molecule has 0 aliphatic carbocycles. The monoisotopic (exact) mass is 344 g/mol. The highest BCUT2D eigenvalue weighted by Crippen LogP contribution is 2.34.